The lowest BCUT2D eigenvalue weighted by molar-refractivity contribution is -0.137. The quantitative estimate of drug-likeness (QED) is 0.684. The van der Waals surface area contributed by atoms with Crippen molar-refractivity contribution in [1.29, 1.82) is 0 Å². The van der Waals surface area contributed by atoms with Gasteiger partial charge in [0.2, 0.25) is 0 Å². The summed E-state index contributed by atoms with van der Waals surface area (Å²) in [5, 5.41) is 1.87. The van der Waals surface area contributed by atoms with E-state index in [9.17, 15) is 18.0 Å². The van der Waals surface area contributed by atoms with E-state index in [4.69, 9.17) is 0 Å². The molecule has 29 heavy (non-hydrogen) atoms. The number of thiophene rings is 1. The van der Waals surface area contributed by atoms with Gasteiger partial charge in [-0.05, 0) is 54.9 Å². The Morgan fingerprint density at radius 3 is 2.55 bits per heavy atom. The lowest BCUT2D eigenvalue weighted by Crippen LogP contribution is -2.36. The summed E-state index contributed by atoms with van der Waals surface area (Å²) in [6, 6.07) is 9.31. The molecule has 0 radical (unpaired) electrons. The first-order valence-electron chi connectivity index (χ1n) is 10.1. The summed E-state index contributed by atoms with van der Waals surface area (Å²) >= 11 is 1.41. The normalized spacial score (nSPS) is 23.5. The molecule has 0 aliphatic carbocycles. The molecule has 2 aromatic rings. The van der Waals surface area contributed by atoms with Crippen molar-refractivity contribution < 1.29 is 18.0 Å². The first kappa shape index (κ1) is 20.4. The monoisotopic (exact) mass is 422 g/mol. The largest absolute Gasteiger partial charge is 0.416 e. The van der Waals surface area contributed by atoms with Gasteiger partial charge in [-0.15, -0.1) is 11.3 Å². The highest BCUT2D eigenvalue weighted by Gasteiger charge is 2.39. The van der Waals surface area contributed by atoms with Gasteiger partial charge >= 0.3 is 6.18 Å². The molecule has 4 rings (SSSR count). The molecule has 2 saturated heterocycles. The van der Waals surface area contributed by atoms with E-state index >= 15 is 0 Å². The number of hydrogen-bond acceptors (Lipinski definition) is 3. The van der Waals surface area contributed by atoms with E-state index in [2.05, 4.69) is 4.90 Å². The molecule has 7 heteroatoms. The minimum Gasteiger partial charge on any atom is -0.337 e. The molecule has 3 nitrogen and oxygen atoms in total. The maximum absolute atomic E-state index is 13.2. The van der Waals surface area contributed by atoms with Crippen molar-refractivity contribution in [3.05, 3.63) is 57.8 Å². The fourth-order valence-electron chi connectivity index (χ4n) is 4.58. The summed E-state index contributed by atoms with van der Waals surface area (Å²) in [4.78, 5) is 17.8. The van der Waals surface area contributed by atoms with Crippen LogP contribution >= 0.6 is 11.3 Å². The standard InChI is InChI=1S/C22H25F3N2OS/c23-22(24,25)18-7-4-6-16(12-18)19-15-27(21(28)20-8-5-11-29-20)14-17(19)13-26-9-2-1-3-10-26/h4-8,11-12,17,19H,1-3,9-10,13-15H2/t17-,19+/m1/s1. The summed E-state index contributed by atoms with van der Waals surface area (Å²) in [5.74, 6) is 0.0433. The molecule has 0 bridgehead atoms. The SMILES string of the molecule is O=C(c1cccs1)N1C[C@@H](CN2CCCCC2)[C@H](c2cccc(C(F)(F)F)c2)C1. The highest BCUT2D eigenvalue weighted by molar-refractivity contribution is 7.12. The average molecular weight is 423 g/mol. The molecule has 3 heterocycles. The van der Waals surface area contributed by atoms with Crippen molar-refractivity contribution in [1.82, 2.24) is 9.80 Å². The number of halogens is 3. The van der Waals surface area contributed by atoms with Crippen LogP contribution in [0.15, 0.2) is 41.8 Å². The van der Waals surface area contributed by atoms with Crippen LogP contribution in [-0.2, 0) is 6.18 Å². The summed E-state index contributed by atoms with van der Waals surface area (Å²) in [7, 11) is 0. The van der Waals surface area contributed by atoms with E-state index in [-0.39, 0.29) is 17.7 Å². The number of benzene rings is 1. The number of carbonyl (C=O) groups excluding carboxylic acids is 1. The number of carbonyl (C=O) groups is 1. The molecule has 2 fully saturated rings. The molecule has 156 valence electrons. The Balaban J connectivity index is 1.58. The molecule has 0 saturated carbocycles. The molecule has 1 aromatic carbocycles. The molecule has 2 aliphatic heterocycles. The van der Waals surface area contributed by atoms with E-state index in [0.29, 0.717) is 23.5 Å². The van der Waals surface area contributed by atoms with Gasteiger partial charge in [0.05, 0.1) is 10.4 Å². The van der Waals surface area contributed by atoms with Crippen molar-refractivity contribution in [2.24, 2.45) is 5.92 Å². The average Bonchev–Trinajstić information content (AvgIpc) is 3.38. The second-order valence-corrected chi connectivity index (χ2v) is 8.99. The van der Waals surface area contributed by atoms with Gasteiger partial charge in [-0.3, -0.25) is 4.79 Å². The zero-order valence-corrected chi connectivity index (χ0v) is 17.0. The van der Waals surface area contributed by atoms with Crippen LogP contribution in [0, 0.1) is 5.92 Å². The van der Waals surface area contributed by atoms with Crippen LogP contribution in [0.1, 0.15) is 46.0 Å². The molecule has 0 spiro atoms. The minimum absolute atomic E-state index is 0.0156. The van der Waals surface area contributed by atoms with E-state index < -0.39 is 11.7 Å². The van der Waals surface area contributed by atoms with E-state index in [1.807, 2.05) is 22.4 Å². The third-order valence-corrected chi connectivity index (χ3v) is 6.90. The van der Waals surface area contributed by atoms with Gasteiger partial charge in [-0.2, -0.15) is 13.2 Å². The Kier molecular flexibility index (Phi) is 5.97. The topological polar surface area (TPSA) is 23.6 Å². The Hall–Kier alpha value is -1.86. The number of alkyl halides is 3. The Morgan fingerprint density at radius 2 is 1.86 bits per heavy atom. The van der Waals surface area contributed by atoms with Gasteiger partial charge in [-0.1, -0.05) is 30.7 Å². The summed E-state index contributed by atoms with van der Waals surface area (Å²) < 4.78 is 39.7. The van der Waals surface area contributed by atoms with Crippen molar-refractivity contribution in [3.63, 3.8) is 0 Å². The highest BCUT2D eigenvalue weighted by atomic mass is 32.1. The molecular weight excluding hydrogens is 397 g/mol. The third kappa shape index (κ3) is 4.67. The highest BCUT2D eigenvalue weighted by Crippen LogP contribution is 2.37. The Bertz CT molecular complexity index is 831. The summed E-state index contributed by atoms with van der Waals surface area (Å²) in [6.45, 7) is 3.95. The minimum atomic E-state index is -4.36. The molecule has 0 unspecified atom stereocenters. The molecule has 2 aliphatic rings. The predicted octanol–water partition coefficient (Wildman–Crippen LogP) is 5.11. The fraction of sp³-hybridized carbons (Fsp3) is 0.500. The maximum atomic E-state index is 13.2. The van der Waals surface area contributed by atoms with Crippen molar-refractivity contribution >= 4 is 17.2 Å². The van der Waals surface area contributed by atoms with Gasteiger partial charge < -0.3 is 9.80 Å². The third-order valence-electron chi connectivity index (χ3n) is 6.04. The van der Waals surface area contributed by atoms with E-state index in [0.717, 1.165) is 25.7 Å². The summed E-state index contributed by atoms with van der Waals surface area (Å²) in [6.07, 6.45) is -0.789. The molecule has 1 amide bonds. The van der Waals surface area contributed by atoms with Crippen LogP contribution < -0.4 is 0 Å². The zero-order valence-electron chi connectivity index (χ0n) is 16.2. The maximum Gasteiger partial charge on any atom is 0.416 e. The lowest BCUT2D eigenvalue weighted by Gasteiger charge is -2.31. The second-order valence-electron chi connectivity index (χ2n) is 8.04. The number of rotatable bonds is 4. The smallest absolute Gasteiger partial charge is 0.337 e. The number of likely N-dealkylation sites (tertiary alicyclic amines) is 2. The Labute approximate surface area is 173 Å². The van der Waals surface area contributed by atoms with Crippen LogP contribution in [0.3, 0.4) is 0 Å². The van der Waals surface area contributed by atoms with Crippen LogP contribution in [0.25, 0.3) is 0 Å². The van der Waals surface area contributed by atoms with Gasteiger partial charge in [0, 0.05) is 25.6 Å². The van der Waals surface area contributed by atoms with Gasteiger partial charge in [-0.25, -0.2) is 0 Å². The van der Waals surface area contributed by atoms with Crippen LogP contribution in [-0.4, -0.2) is 48.4 Å². The van der Waals surface area contributed by atoms with Crippen LogP contribution in [0.5, 0.6) is 0 Å². The van der Waals surface area contributed by atoms with Gasteiger partial charge in [0.25, 0.3) is 5.91 Å². The lowest BCUT2D eigenvalue weighted by atomic mass is 9.87. The first-order valence-corrected chi connectivity index (χ1v) is 11.0. The van der Waals surface area contributed by atoms with E-state index in [1.54, 1.807) is 6.07 Å². The van der Waals surface area contributed by atoms with Crippen molar-refractivity contribution in [2.45, 2.75) is 31.4 Å². The predicted molar refractivity (Wildman–Crippen MR) is 108 cm³/mol. The summed E-state index contributed by atoms with van der Waals surface area (Å²) in [5.41, 5.74) is 0.0677. The van der Waals surface area contributed by atoms with Crippen molar-refractivity contribution in [2.75, 3.05) is 32.7 Å². The molecular formula is C22H25F3N2OS. The van der Waals surface area contributed by atoms with Gasteiger partial charge in [0.15, 0.2) is 0 Å². The van der Waals surface area contributed by atoms with Crippen LogP contribution in [0.4, 0.5) is 13.2 Å². The van der Waals surface area contributed by atoms with Crippen molar-refractivity contribution in [3.8, 4) is 0 Å². The number of hydrogen-bond donors (Lipinski definition) is 0. The van der Waals surface area contributed by atoms with E-state index in [1.165, 1.54) is 42.7 Å². The molecule has 2 atom stereocenters. The second kappa shape index (κ2) is 8.48. The van der Waals surface area contributed by atoms with Gasteiger partial charge in [0.1, 0.15) is 0 Å². The first-order chi connectivity index (χ1) is 13.9. The Morgan fingerprint density at radius 1 is 1.07 bits per heavy atom. The molecule has 1 aromatic heterocycles. The number of piperidine rings is 1. The fourth-order valence-corrected chi connectivity index (χ4v) is 5.27. The number of amides is 1. The zero-order chi connectivity index (χ0) is 20.4. The number of nitrogens with zero attached hydrogens (tertiary/aromatic N) is 2. The van der Waals surface area contributed by atoms with Crippen LogP contribution in [0.2, 0.25) is 0 Å². The molecule has 0 N–H and O–H groups in total.